The van der Waals surface area contributed by atoms with Crippen LogP contribution in [-0.2, 0) is 16.0 Å². The SMILES string of the molecule is CCOC(=O)c1cc(CC)sc1NC(=O)CN(CC)C1CCCC1. The number of esters is 1. The van der Waals surface area contributed by atoms with Crippen molar-refractivity contribution in [2.24, 2.45) is 0 Å². The van der Waals surface area contributed by atoms with Crippen LogP contribution in [-0.4, -0.2) is 42.5 Å². The van der Waals surface area contributed by atoms with E-state index in [4.69, 9.17) is 4.74 Å². The second-order valence-corrected chi connectivity index (χ2v) is 7.22. The van der Waals surface area contributed by atoms with E-state index < -0.39 is 0 Å². The zero-order valence-electron chi connectivity index (χ0n) is 14.9. The Morgan fingerprint density at radius 2 is 2.00 bits per heavy atom. The summed E-state index contributed by atoms with van der Waals surface area (Å²) in [4.78, 5) is 27.9. The van der Waals surface area contributed by atoms with E-state index in [1.807, 2.05) is 13.0 Å². The van der Waals surface area contributed by atoms with Gasteiger partial charge in [-0.3, -0.25) is 9.69 Å². The van der Waals surface area contributed by atoms with Gasteiger partial charge >= 0.3 is 5.97 Å². The number of likely N-dealkylation sites (N-methyl/N-ethyl adjacent to an activating group) is 1. The minimum absolute atomic E-state index is 0.0567. The number of hydrogen-bond acceptors (Lipinski definition) is 5. The van der Waals surface area contributed by atoms with Gasteiger partial charge in [-0.25, -0.2) is 4.79 Å². The van der Waals surface area contributed by atoms with E-state index in [2.05, 4.69) is 17.1 Å². The smallest absolute Gasteiger partial charge is 0.341 e. The average molecular weight is 353 g/mol. The summed E-state index contributed by atoms with van der Waals surface area (Å²) >= 11 is 1.46. The van der Waals surface area contributed by atoms with E-state index in [0.717, 1.165) is 17.8 Å². The Labute approximate surface area is 148 Å². The summed E-state index contributed by atoms with van der Waals surface area (Å²) in [6.45, 7) is 7.48. The van der Waals surface area contributed by atoms with Gasteiger partial charge in [-0.1, -0.05) is 26.7 Å². The molecule has 1 aliphatic rings. The van der Waals surface area contributed by atoms with Crippen molar-refractivity contribution < 1.29 is 14.3 Å². The number of carbonyl (C=O) groups excluding carboxylic acids is 2. The molecular weight excluding hydrogens is 324 g/mol. The summed E-state index contributed by atoms with van der Waals surface area (Å²) in [6.07, 6.45) is 5.68. The van der Waals surface area contributed by atoms with Crippen molar-refractivity contribution in [1.29, 1.82) is 0 Å². The van der Waals surface area contributed by atoms with Gasteiger partial charge in [0.25, 0.3) is 0 Å². The predicted molar refractivity (Wildman–Crippen MR) is 97.8 cm³/mol. The number of rotatable bonds is 8. The third-order valence-electron chi connectivity index (χ3n) is 4.47. The lowest BCUT2D eigenvalue weighted by atomic mass is 10.2. The molecular formula is C18H28N2O3S. The molecule has 0 bridgehead atoms. The highest BCUT2D eigenvalue weighted by atomic mass is 32.1. The number of nitrogens with one attached hydrogen (secondary N) is 1. The molecule has 0 saturated heterocycles. The first kappa shape index (κ1) is 18.9. The van der Waals surface area contributed by atoms with Gasteiger partial charge in [0.2, 0.25) is 5.91 Å². The lowest BCUT2D eigenvalue weighted by molar-refractivity contribution is -0.117. The van der Waals surface area contributed by atoms with E-state index in [1.54, 1.807) is 6.92 Å². The molecule has 1 aromatic heterocycles. The van der Waals surface area contributed by atoms with E-state index in [9.17, 15) is 9.59 Å². The molecule has 1 heterocycles. The highest BCUT2D eigenvalue weighted by Crippen LogP contribution is 2.29. The molecule has 0 unspecified atom stereocenters. The fourth-order valence-corrected chi connectivity index (χ4v) is 4.19. The van der Waals surface area contributed by atoms with Crippen LogP contribution in [0.25, 0.3) is 0 Å². The van der Waals surface area contributed by atoms with Crippen LogP contribution in [0.15, 0.2) is 6.07 Å². The molecule has 1 aliphatic carbocycles. The van der Waals surface area contributed by atoms with Crippen LogP contribution >= 0.6 is 11.3 Å². The number of anilines is 1. The summed E-state index contributed by atoms with van der Waals surface area (Å²) in [5.41, 5.74) is 0.468. The molecule has 134 valence electrons. The van der Waals surface area contributed by atoms with Crippen LogP contribution < -0.4 is 5.32 Å². The molecule has 0 aliphatic heterocycles. The molecule has 2 rings (SSSR count). The topological polar surface area (TPSA) is 58.6 Å². The van der Waals surface area contributed by atoms with Crippen molar-refractivity contribution in [2.45, 2.75) is 58.9 Å². The minimum Gasteiger partial charge on any atom is -0.462 e. The minimum atomic E-state index is -0.369. The van der Waals surface area contributed by atoms with Crippen LogP contribution in [0.1, 0.15) is 61.7 Å². The third-order valence-corrected chi connectivity index (χ3v) is 5.67. The normalized spacial score (nSPS) is 15.0. The van der Waals surface area contributed by atoms with Crippen molar-refractivity contribution in [3.63, 3.8) is 0 Å². The number of ether oxygens (including phenoxy) is 1. The zero-order chi connectivity index (χ0) is 17.5. The molecule has 6 heteroatoms. The number of carbonyl (C=O) groups is 2. The molecule has 1 saturated carbocycles. The number of aryl methyl sites for hydroxylation is 1. The summed E-state index contributed by atoms with van der Waals surface area (Å²) in [6, 6.07) is 2.34. The second kappa shape index (κ2) is 9.18. The first-order valence-corrected chi connectivity index (χ1v) is 9.74. The Morgan fingerprint density at radius 1 is 1.29 bits per heavy atom. The lowest BCUT2D eigenvalue weighted by Gasteiger charge is -2.26. The van der Waals surface area contributed by atoms with E-state index in [1.165, 1.54) is 37.0 Å². The summed E-state index contributed by atoms with van der Waals surface area (Å²) in [5.74, 6) is -0.425. The molecule has 1 aromatic rings. The zero-order valence-corrected chi connectivity index (χ0v) is 15.7. The van der Waals surface area contributed by atoms with Crippen molar-refractivity contribution >= 4 is 28.2 Å². The predicted octanol–water partition coefficient (Wildman–Crippen LogP) is 3.69. The molecule has 24 heavy (non-hydrogen) atoms. The summed E-state index contributed by atoms with van der Waals surface area (Å²) < 4.78 is 5.10. The van der Waals surface area contributed by atoms with Crippen molar-refractivity contribution in [3.8, 4) is 0 Å². The van der Waals surface area contributed by atoms with Gasteiger partial charge < -0.3 is 10.1 Å². The van der Waals surface area contributed by atoms with Gasteiger partial charge in [0.15, 0.2) is 0 Å². The van der Waals surface area contributed by atoms with Crippen molar-refractivity contribution in [2.75, 3.05) is 25.0 Å². The van der Waals surface area contributed by atoms with Gasteiger partial charge in [0.1, 0.15) is 5.00 Å². The van der Waals surface area contributed by atoms with Crippen LogP contribution in [0.2, 0.25) is 0 Å². The monoisotopic (exact) mass is 352 g/mol. The second-order valence-electron chi connectivity index (χ2n) is 6.08. The van der Waals surface area contributed by atoms with Crippen LogP contribution in [0, 0.1) is 0 Å². The van der Waals surface area contributed by atoms with E-state index in [0.29, 0.717) is 29.8 Å². The fourth-order valence-electron chi connectivity index (χ4n) is 3.19. The Balaban J connectivity index is 2.04. The van der Waals surface area contributed by atoms with Gasteiger partial charge in [-0.2, -0.15) is 0 Å². The quantitative estimate of drug-likeness (QED) is 0.725. The Kier molecular flexibility index (Phi) is 7.24. The maximum absolute atomic E-state index is 12.5. The first-order chi connectivity index (χ1) is 11.6. The van der Waals surface area contributed by atoms with Crippen molar-refractivity contribution in [1.82, 2.24) is 4.90 Å². The Hall–Kier alpha value is -1.40. The largest absolute Gasteiger partial charge is 0.462 e. The van der Waals surface area contributed by atoms with Gasteiger partial charge in [0.05, 0.1) is 18.7 Å². The summed E-state index contributed by atoms with van der Waals surface area (Å²) in [5, 5.41) is 3.54. The van der Waals surface area contributed by atoms with Gasteiger partial charge in [-0.05, 0) is 38.8 Å². The van der Waals surface area contributed by atoms with Gasteiger partial charge in [-0.15, -0.1) is 11.3 Å². The highest BCUT2D eigenvalue weighted by molar-refractivity contribution is 7.16. The molecule has 1 amide bonds. The Morgan fingerprint density at radius 3 is 2.58 bits per heavy atom. The molecule has 1 N–H and O–H groups in total. The van der Waals surface area contributed by atoms with E-state index >= 15 is 0 Å². The van der Waals surface area contributed by atoms with Crippen LogP contribution in [0.3, 0.4) is 0 Å². The van der Waals surface area contributed by atoms with Gasteiger partial charge in [0, 0.05) is 10.9 Å². The van der Waals surface area contributed by atoms with Crippen LogP contribution in [0.5, 0.6) is 0 Å². The Bertz CT molecular complexity index is 565. The lowest BCUT2D eigenvalue weighted by Crippen LogP contribution is -2.39. The number of hydrogen-bond donors (Lipinski definition) is 1. The standard InChI is InChI=1S/C18H28N2O3S/c1-4-14-11-15(18(22)23-6-3)17(24-14)19-16(21)12-20(5-2)13-9-7-8-10-13/h11,13H,4-10,12H2,1-3H3,(H,19,21). The first-order valence-electron chi connectivity index (χ1n) is 8.92. The summed E-state index contributed by atoms with van der Waals surface area (Å²) in [7, 11) is 0. The molecule has 0 atom stereocenters. The number of thiophene rings is 1. The molecule has 1 fully saturated rings. The average Bonchev–Trinajstić information content (AvgIpc) is 3.22. The number of nitrogens with zero attached hydrogens (tertiary/aromatic N) is 1. The third kappa shape index (κ3) is 4.80. The number of amides is 1. The van der Waals surface area contributed by atoms with Crippen molar-refractivity contribution in [3.05, 3.63) is 16.5 Å². The van der Waals surface area contributed by atoms with E-state index in [-0.39, 0.29) is 11.9 Å². The fraction of sp³-hybridized carbons (Fsp3) is 0.667. The maximum Gasteiger partial charge on any atom is 0.341 e. The van der Waals surface area contributed by atoms with Crippen LogP contribution in [0.4, 0.5) is 5.00 Å². The molecule has 0 radical (unpaired) electrons. The maximum atomic E-state index is 12.5. The molecule has 5 nitrogen and oxygen atoms in total. The highest BCUT2D eigenvalue weighted by Gasteiger charge is 2.24. The molecule has 0 spiro atoms. The molecule has 0 aromatic carbocycles.